The first-order chi connectivity index (χ1) is 14.6. The number of rotatable bonds is 8. The van der Waals surface area contributed by atoms with Gasteiger partial charge in [-0.05, 0) is 0 Å². The number of aliphatic hydroxyl groups is 2. The van der Waals surface area contributed by atoms with E-state index in [1.54, 1.807) is 0 Å². The van der Waals surface area contributed by atoms with E-state index in [1.807, 2.05) is 0 Å². The summed E-state index contributed by atoms with van der Waals surface area (Å²) in [5.74, 6) is -0.276. The van der Waals surface area contributed by atoms with Crippen LogP contribution >= 0.6 is 23.5 Å². The van der Waals surface area contributed by atoms with Crippen molar-refractivity contribution in [2.24, 2.45) is 0 Å². The van der Waals surface area contributed by atoms with Crippen molar-refractivity contribution in [1.29, 1.82) is 0 Å². The van der Waals surface area contributed by atoms with Crippen molar-refractivity contribution in [3.63, 3.8) is 0 Å². The second-order valence-electron chi connectivity index (χ2n) is 6.21. The quantitative estimate of drug-likeness (QED) is 0.121. The van der Waals surface area contributed by atoms with Crippen LogP contribution in [0.15, 0.2) is 11.1 Å². The first kappa shape index (κ1) is 28.7. The van der Waals surface area contributed by atoms with Gasteiger partial charge in [0.25, 0.3) is 5.56 Å². The third kappa shape index (κ3) is 6.99. The molecule has 0 aromatic carbocycles. The molecule has 2 aromatic heterocycles. The molecule has 23 heteroatoms. The number of hydrogen-bond acceptors (Lipinski definition) is 13. The summed E-state index contributed by atoms with van der Waals surface area (Å²) in [6.45, 7) is -1.01. The fourth-order valence-corrected chi connectivity index (χ4v) is 5.73. The summed E-state index contributed by atoms with van der Waals surface area (Å²) in [4.78, 5) is 57.3. The monoisotopic (exact) mass is 547 g/mol. The number of nitrogens with two attached hydrogens (primary N) is 1. The van der Waals surface area contributed by atoms with Crippen LogP contribution in [-0.4, -0.2) is 104 Å². The normalized spacial score (nSPS) is 27.1. The first-order valence-corrected chi connectivity index (χ1v) is 12.6. The molecule has 2 aromatic rings. The fraction of sp³-hybridized carbons (Fsp3) is 0.500. The maximum atomic E-state index is 11.9. The molecule has 1 aliphatic heterocycles. The van der Waals surface area contributed by atoms with Crippen molar-refractivity contribution in [3.8, 4) is 0 Å². The Hall–Kier alpha value is -0.560. The average molecular weight is 547 g/mol. The molecule has 0 spiro atoms. The van der Waals surface area contributed by atoms with Crippen LogP contribution in [0.25, 0.3) is 11.2 Å². The standard InChI is InChI=1S/C10H16N5O14P3.Na.H/c11-10-13-7-4(8(18)14-10)12-2-15(7)9-6(17)5(16)3(27-9)1-26-31(22,23)29-32(24,25)28-30(19,20)21;;/h2-3,5-6,9,16-17H,1H2,(H,22,23)(H,24,25)(H2,19,20,21)(H3,11,13,14,18);;/t3-,5-,6-,9-;;/m1../s1. The van der Waals surface area contributed by atoms with E-state index >= 15 is 0 Å². The SMILES string of the molecule is Nc1nc2c(ncn2[C@@H]2O[C@H](COP(=O)(O)OP(=O)(O)OP(=O)(O)O)[C@@H](O)[C@H]2O)c(=O)[nH]1.[NaH]. The van der Waals surface area contributed by atoms with Gasteiger partial charge in [-0.25, -0.2) is 18.7 Å². The number of nitrogen functional groups attached to an aromatic ring is 1. The van der Waals surface area contributed by atoms with Gasteiger partial charge in [-0.1, -0.05) is 0 Å². The number of ether oxygens (including phenoxy) is 1. The molecule has 1 aliphatic rings. The number of H-pyrrole nitrogens is 1. The molecule has 0 bridgehead atoms. The predicted octanol–water partition coefficient (Wildman–Crippen LogP) is -2.98. The van der Waals surface area contributed by atoms with E-state index < -0.39 is 60.2 Å². The zero-order valence-electron chi connectivity index (χ0n) is 15.3. The van der Waals surface area contributed by atoms with E-state index in [2.05, 4.69) is 28.1 Å². The topological polar surface area (TPSA) is 299 Å². The Kier molecular flexibility index (Phi) is 8.86. The number of fused-ring (bicyclic) bond motifs is 1. The zero-order valence-corrected chi connectivity index (χ0v) is 18.0. The zero-order chi connectivity index (χ0) is 24.1. The van der Waals surface area contributed by atoms with Gasteiger partial charge in [0.15, 0.2) is 17.4 Å². The van der Waals surface area contributed by atoms with E-state index in [-0.39, 0.29) is 46.7 Å². The van der Waals surface area contributed by atoms with Crippen LogP contribution in [0.3, 0.4) is 0 Å². The molecule has 0 aliphatic carbocycles. The van der Waals surface area contributed by atoms with Gasteiger partial charge in [0.2, 0.25) is 5.95 Å². The number of hydrogen-bond donors (Lipinski definition) is 8. The minimum atomic E-state index is -5.73. The fourth-order valence-electron chi connectivity index (χ4n) is 2.70. The van der Waals surface area contributed by atoms with Gasteiger partial charge in [0, 0.05) is 0 Å². The van der Waals surface area contributed by atoms with Crippen molar-refractivity contribution in [3.05, 3.63) is 16.7 Å². The molecule has 33 heavy (non-hydrogen) atoms. The molecule has 19 nitrogen and oxygen atoms in total. The first-order valence-electron chi connectivity index (χ1n) is 8.11. The number of phosphoric ester groups is 1. The van der Waals surface area contributed by atoms with E-state index in [9.17, 15) is 33.6 Å². The Morgan fingerprint density at radius 3 is 2.36 bits per heavy atom. The van der Waals surface area contributed by atoms with Crippen LogP contribution in [0.2, 0.25) is 0 Å². The van der Waals surface area contributed by atoms with Crippen molar-refractivity contribution >= 4 is 70.1 Å². The Morgan fingerprint density at radius 2 is 1.76 bits per heavy atom. The number of nitrogens with zero attached hydrogens (tertiary/aromatic N) is 3. The number of nitrogens with one attached hydrogen (secondary N) is 1. The number of aliphatic hydroxyl groups excluding tert-OH is 2. The molecular weight excluding hydrogens is 530 g/mol. The van der Waals surface area contributed by atoms with Gasteiger partial charge in [0.1, 0.15) is 18.3 Å². The molecule has 0 amide bonds. The molecule has 0 radical (unpaired) electrons. The van der Waals surface area contributed by atoms with Crippen LogP contribution in [0.4, 0.5) is 5.95 Å². The summed E-state index contributed by atoms with van der Waals surface area (Å²) < 4.78 is 51.6. The van der Waals surface area contributed by atoms with E-state index in [0.29, 0.717) is 0 Å². The summed E-state index contributed by atoms with van der Waals surface area (Å²) in [6.07, 6.45) is -5.33. The number of anilines is 1. The van der Waals surface area contributed by atoms with Crippen molar-refractivity contribution in [2.75, 3.05) is 12.3 Å². The van der Waals surface area contributed by atoms with Gasteiger partial charge >= 0.3 is 53.0 Å². The molecule has 1 fully saturated rings. The molecule has 0 saturated carbocycles. The summed E-state index contributed by atoms with van der Waals surface area (Å²) in [7, 11) is -16.8. The third-order valence-electron chi connectivity index (χ3n) is 3.88. The molecule has 2 unspecified atom stereocenters. The maximum absolute atomic E-state index is 11.9. The number of phosphoric acid groups is 3. The summed E-state index contributed by atoms with van der Waals surface area (Å²) in [5, 5.41) is 20.4. The molecule has 6 atom stereocenters. The third-order valence-corrected chi connectivity index (χ3v) is 7.68. The molecular formula is C10H17N5NaO14P3. The van der Waals surface area contributed by atoms with Crippen LogP contribution in [-0.2, 0) is 31.6 Å². The van der Waals surface area contributed by atoms with E-state index in [4.69, 9.17) is 25.2 Å². The Bertz CT molecular complexity index is 1210. The summed E-state index contributed by atoms with van der Waals surface area (Å²) in [6, 6.07) is 0. The molecule has 3 rings (SSSR count). The number of aromatic nitrogens is 4. The molecule has 3 heterocycles. The second-order valence-corrected chi connectivity index (χ2v) is 10.6. The Labute approximate surface area is 204 Å². The van der Waals surface area contributed by atoms with Crippen molar-refractivity contribution in [1.82, 2.24) is 19.5 Å². The van der Waals surface area contributed by atoms with Gasteiger partial charge < -0.3 is 40.3 Å². The van der Waals surface area contributed by atoms with Crippen molar-refractivity contribution < 1.29 is 61.4 Å². The Morgan fingerprint density at radius 1 is 1.12 bits per heavy atom. The minimum absolute atomic E-state index is 0. The Balaban J connectivity index is 0.00000385. The van der Waals surface area contributed by atoms with Gasteiger partial charge in [0.05, 0.1) is 12.9 Å². The van der Waals surface area contributed by atoms with Crippen LogP contribution < -0.4 is 11.3 Å². The molecule has 9 N–H and O–H groups in total. The predicted molar refractivity (Wildman–Crippen MR) is 105 cm³/mol. The van der Waals surface area contributed by atoms with Crippen LogP contribution in [0.1, 0.15) is 6.23 Å². The second kappa shape index (κ2) is 10.2. The summed E-state index contributed by atoms with van der Waals surface area (Å²) >= 11 is 0. The average Bonchev–Trinajstić information content (AvgIpc) is 3.12. The molecule has 1 saturated heterocycles. The van der Waals surface area contributed by atoms with Crippen molar-refractivity contribution in [2.45, 2.75) is 24.5 Å². The van der Waals surface area contributed by atoms with E-state index in [1.165, 1.54) is 0 Å². The molecule has 182 valence electrons. The summed E-state index contributed by atoms with van der Waals surface area (Å²) in [5.41, 5.74) is 4.50. The van der Waals surface area contributed by atoms with Crippen LogP contribution in [0, 0.1) is 0 Å². The number of aromatic amines is 1. The van der Waals surface area contributed by atoms with Gasteiger partial charge in [-0.2, -0.15) is 13.6 Å². The van der Waals surface area contributed by atoms with Gasteiger partial charge in [-0.3, -0.25) is 18.9 Å². The van der Waals surface area contributed by atoms with E-state index in [0.717, 1.165) is 10.9 Å². The number of imidazole rings is 1. The van der Waals surface area contributed by atoms with Crippen LogP contribution in [0.5, 0.6) is 0 Å². The van der Waals surface area contributed by atoms with Gasteiger partial charge in [-0.15, -0.1) is 0 Å².